The predicted molar refractivity (Wildman–Crippen MR) is 59.4 cm³/mol. The summed E-state index contributed by atoms with van der Waals surface area (Å²) in [6.07, 6.45) is 2.17. The van der Waals surface area contributed by atoms with Gasteiger partial charge in [0.1, 0.15) is 0 Å². The number of hydrogen-bond donors (Lipinski definition) is 3. The van der Waals surface area contributed by atoms with Gasteiger partial charge in [-0.05, 0) is 26.3 Å². The second kappa shape index (κ2) is 7.16. The lowest BCUT2D eigenvalue weighted by molar-refractivity contribution is 0.234. The zero-order valence-corrected chi connectivity index (χ0v) is 10.1. The summed E-state index contributed by atoms with van der Waals surface area (Å²) in [5.74, 6) is 0. The van der Waals surface area contributed by atoms with Crippen molar-refractivity contribution in [1.29, 1.82) is 0 Å². The van der Waals surface area contributed by atoms with E-state index < -0.39 is 15.4 Å². The van der Waals surface area contributed by atoms with Crippen molar-refractivity contribution in [3.8, 4) is 0 Å². The SMILES string of the molecule is CCCC(CO)NCCC(C)S(=O)(=O)O. The van der Waals surface area contributed by atoms with Crippen molar-refractivity contribution in [2.75, 3.05) is 13.2 Å². The molecule has 0 saturated carbocycles. The molecule has 3 N–H and O–H groups in total. The predicted octanol–water partition coefficient (Wildman–Crippen LogP) is 0.403. The molecule has 0 bridgehead atoms. The van der Waals surface area contributed by atoms with E-state index in [1.807, 2.05) is 6.92 Å². The fourth-order valence-corrected chi connectivity index (χ4v) is 1.66. The highest BCUT2D eigenvalue weighted by molar-refractivity contribution is 7.86. The minimum Gasteiger partial charge on any atom is -0.395 e. The van der Waals surface area contributed by atoms with E-state index in [4.69, 9.17) is 9.66 Å². The molecule has 2 unspecified atom stereocenters. The van der Waals surface area contributed by atoms with Gasteiger partial charge < -0.3 is 10.4 Å². The summed E-state index contributed by atoms with van der Waals surface area (Å²) in [4.78, 5) is 0. The Labute approximate surface area is 91.6 Å². The Kier molecular flexibility index (Phi) is 7.08. The summed E-state index contributed by atoms with van der Waals surface area (Å²) >= 11 is 0. The highest BCUT2D eigenvalue weighted by Gasteiger charge is 2.16. The maximum atomic E-state index is 10.7. The van der Waals surface area contributed by atoms with Crippen molar-refractivity contribution in [3.63, 3.8) is 0 Å². The van der Waals surface area contributed by atoms with Gasteiger partial charge in [0.25, 0.3) is 10.1 Å². The fourth-order valence-electron chi connectivity index (χ4n) is 1.25. The van der Waals surface area contributed by atoms with E-state index in [0.717, 1.165) is 12.8 Å². The van der Waals surface area contributed by atoms with Crippen LogP contribution in [0.25, 0.3) is 0 Å². The third-order valence-corrected chi connectivity index (χ3v) is 3.60. The van der Waals surface area contributed by atoms with Gasteiger partial charge in [0.05, 0.1) is 11.9 Å². The van der Waals surface area contributed by atoms with Crippen LogP contribution in [-0.4, -0.2) is 42.5 Å². The Morgan fingerprint density at radius 1 is 1.33 bits per heavy atom. The Balaban J connectivity index is 3.78. The Bertz CT molecular complexity index is 253. The molecule has 92 valence electrons. The summed E-state index contributed by atoms with van der Waals surface area (Å²) in [5.41, 5.74) is 0. The summed E-state index contributed by atoms with van der Waals surface area (Å²) < 4.78 is 30.1. The first-order valence-electron chi connectivity index (χ1n) is 5.22. The van der Waals surface area contributed by atoms with Crippen LogP contribution in [0, 0.1) is 0 Å². The summed E-state index contributed by atoms with van der Waals surface area (Å²) in [6, 6.07) is 0.0172. The van der Waals surface area contributed by atoms with Gasteiger partial charge in [0, 0.05) is 6.04 Å². The Morgan fingerprint density at radius 2 is 1.93 bits per heavy atom. The van der Waals surface area contributed by atoms with Crippen molar-refractivity contribution < 1.29 is 18.1 Å². The lowest BCUT2D eigenvalue weighted by Gasteiger charge is -2.16. The number of rotatable bonds is 8. The van der Waals surface area contributed by atoms with Gasteiger partial charge in [-0.15, -0.1) is 0 Å². The average molecular weight is 239 g/mol. The molecule has 5 nitrogen and oxygen atoms in total. The van der Waals surface area contributed by atoms with Crippen molar-refractivity contribution >= 4 is 10.1 Å². The molecule has 0 spiro atoms. The maximum absolute atomic E-state index is 10.7. The van der Waals surface area contributed by atoms with E-state index >= 15 is 0 Å². The Hall–Kier alpha value is -0.170. The second-order valence-electron chi connectivity index (χ2n) is 3.74. The fraction of sp³-hybridized carbons (Fsp3) is 1.00. The molecule has 0 aromatic carbocycles. The van der Waals surface area contributed by atoms with Crippen LogP contribution in [0.4, 0.5) is 0 Å². The molecule has 6 heteroatoms. The van der Waals surface area contributed by atoms with Gasteiger partial charge >= 0.3 is 0 Å². The third-order valence-electron chi connectivity index (χ3n) is 2.35. The molecule has 0 aromatic rings. The van der Waals surface area contributed by atoms with Crippen molar-refractivity contribution in [2.45, 2.75) is 44.4 Å². The molecule has 0 aliphatic heterocycles. The van der Waals surface area contributed by atoms with Crippen molar-refractivity contribution in [1.82, 2.24) is 5.32 Å². The quantitative estimate of drug-likeness (QED) is 0.534. The van der Waals surface area contributed by atoms with Gasteiger partial charge in [-0.2, -0.15) is 8.42 Å². The van der Waals surface area contributed by atoms with Gasteiger partial charge in [-0.1, -0.05) is 13.3 Å². The standard InChI is InChI=1S/C9H21NO4S/c1-3-4-9(7-11)10-6-5-8(2)15(12,13)14/h8-11H,3-7H2,1-2H3,(H,12,13,14). The summed E-state index contributed by atoms with van der Waals surface area (Å²) in [7, 11) is -3.92. The van der Waals surface area contributed by atoms with Crippen LogP contribution in [0.1, 0.15) is 33.1 Å². The molecule has 0 radical (unpaired) electrons. The molecular formula is C9H21NO4S. The van der Waals surface area contributed by atoms with E-state index in [0.29, 0.717) is 13.0 Å². The van der Waals surface area contributed by atoms with Crippen molar-refractivity contribution in [2.24, 2.45) is 0 Å². The molecule has 0 heterocycles. The highest BCUT2D eigenvalue weighted by Crippen LogP contribution is 2.02. The number of hydrogen-bond acceptors (Lipinski definition) is 4. The summed E-state index contributed by atoms with van der Waals surface area (Å²) in [6.45, 7) is 4.01. The van der Waals surface area contributed by atoms with Crippen LogP contribution < -0.4 is 5.32 Å². The normalized spacial score (nSPS) is 16.3. The number of aliphatic hydroxyl groups is 1. The maximum Gasteiger partial charge on any atom is 0.267 e. The lowest BCUT2D eigenvalue weighted by atomic mass is 10.2. The molecular weight excluding hydrogens is 218 g/mol. The first-order chi connectivity index (χ1) is 6.91. The van der Waals surface area contributed by atoms with Crippen LogP contribution >= 0.6 is 0 Å². The zero-order valence-electron chi connectivity index (χ0n) is 9.31. The molecule has 0 amide bonds. The smallest absolute Gasteiger partial charge is 0.267 e. The van der Waals surface area contributed by atoms with E-state index in [2.05, 4.69) is 5.32 Å². The molecule has 15 heavy (non-hydrogen) atoms. The van der Waals surface area contributed by atoms with E-state index in [-0.39, 0.29) is 12.6 Å². The van der Waals surface area contributed by atoms with Crippen LogP contribution in [0.5, 0.6) is 0 Å². The first kappa shape index (κ1) is 14.8. The summed E-state index contributed by atoms with van der Waals surface area (Å²) in [5, 5.41) is 11.2. The minimum atomic E-state index is -3.92. The van der Waals surface area contributed by atoms with Crippen LogP contribution in [0.3, 0.4) is 0 Å². The highest BCUT2D eigenvalue weighted by atomic mass is 32.2. The molecule has 0 fully saturated rings. The van der Waals surface area contributed by atoms with Crippen LogP contribution in [0.2, 0.25) is 0 Å². The molecule has 0 aliphatic rings. The van der Waals surface area contributed by atoms with Crippen LogP contribution in [-0.2, 0) is 10.1 Å². The van der Waals surface area contributed by atoms with E-state index in [9.17, 15) is 8.42 Å². The molecule has 0 aliphatic carbocycles. The third kappa shape index (κ3) is 6.83. The van der Waals surface area contributed by atoms with E-state index in [1.54, 1.807) is 0 Å². The second-order valence-corrected chi connectivity index (χ2v) is 5.57. The van der Waals surface area contributed by atoms with Crippen molar-refractivity contribution in [3.05, 3.63) is 0 Å². The van der Waals surface area contributed by atoms with Gasteiger partial charge in [-0.3, -0.25) is 4.55 Å². The Morgan fingerprint density at radius 3 is 2.33 bits per heavy atom. The first-order valence-corrected chi connectivity index (χ1v) is 6.72. The van der Waals surface area contributed by atoms with E-state index in [1.165, 1.54) is 6.92 Å². The average Bonchev–Trinajstić information content (AvgIpc) is 2.14. The zero-order chi connectivity index (χ0) is 11.9. The largest absolute Gasteiger partial charge is 0.395 e. The van der Waals surface area contributed by atoms with Gasteiger partial charge in [0.15, 0.2) is 0 Å². The molecule has 0 saturated heterocycles. The lowest BCUT2D eigenvalue weighted by Crippen LogP contribution is -2.35. The molecule has 2 atom stereocenters. The molecule has 0 aromatic heterocycles. The monoisotopic (exact) mass is 239 g/mol. The van der Waals surface area contributed by atoms with Crippen LogP contribution in [0.15, 0.2) is 0 Å². The molecule has 0 rings (SSSR count). The topological polar surface area (TPSA) is 86.6 Å². The van der Waals surface area contributed by atoms with Gasteiger partial charge in [-0.25, -0.2) is 0 Å². The minimum absolute atomic E-state index is 0.0172. The number of aliphatic hydroxyl groups excluding tert-OH is 1. The van der Waals surface area contributed by atoms with Gasteiger partial charge in [0.2, 0.25) is 0 Å². The number of nitrogens with one attached hydrogen (secondary N) is 1.